The second-order valence-electron chi connectivity index (χ2n) is 5.48. The van der Waals surface area contributed by atoms with Crippen molar-refractivity contribution in [2.45, 2.75) is 30.3 Å². The average molecular weight is 319 g/mol. The van der Waals surface area contributed by atoms with Crippen molar-refractivity contribution in [3.8, 4) is 0 Å². The predicted octanol–water partition coefficient (Wildman–Crippen LogP) is 1.85. The van der Waals surface area contributed by atoms with Gasteiger partial charge in [-0.05, 0) is 44.0 Å². The highest BCUT2D eigenvalue weighted by molar-refractivity contribution is 7.89. The lowest BCUT2D eigenvalue weighted by atomic mass is 10.0. The van der Waals surface area contributed by atoms with Gasteiger partial charge in [0, 0.05) is 18.6 Å². The summed E-state index contributed by atoms with van der Waals surface area (Å²) < 4.78 is 40.3. The zero-order chi connectivity index (χ0) is 14.5. The number of rotatable bonds is 2. The van der Waals surface area contributed by atoms with Gasteiger partial charge in [0.1, 0.15) is 10.7 Å². The summed E-state index contributed by atoms with van der Waals surface area (Å²) >= 11 is 5.92. The Kier molecular flexibility index (Phi) is 3.52. The van der Waals surface area contributed by atoms with Gasteiger partial charge in [-0.3, -0.25) is 0 Å². The van der Waals surface area contributed by atoms with Gasteiger partial charge in [0.2, 0.25) is 10.0 Å². The predicted molar refractivity (Wildman–Crippen MR) is 74.7 cm³/mol. The van der Waals surface area contributed by atoms with Crippen LogP contribution in [0.25, 0.3) is 0 Å². The second-order valence-corrected chi connectivity index (χ2v) is 7.70. The van der Waals surface area contributed by atoms with Crippen molar-refractivity contribution in [2.24, 2.45) is 5.92 Å². The van der Waals surface area contributed by atoms with E-state index in [4.69, 9.17) is 11.6 Å². The molecule has 1 N–H and O–H groups in total. The number of benzene rings is 1. The molecule has 2 aliphatic heterocycles. The standard InChI is InChI=1S/C13H16ClFN2O2S/c1-8-4-9-6-16-7-12(9)17(8)20(18,19)13-3-2-10(15)5-11(13)14/h2-3,5,8-9,12,16H,4,6-7H2,1H3. The number of sulfonamides is 1. The molecule has 3 atom stereocenters. The van der Waals surface area contributed by atoms with E-state index in [1.807, 2.05) is 6.92 Å². The van der Waals surface area contributed by atoms with E-state index < -0.39 is 15.8 Å². The van der Waals surface area contributed by atoms with E-state index in [1.165, 1.54) is 10.4 Å². The third-order valence-electron chi connectivity index (χ3n) is 4.16. The quantitative estimate of drug-likeness (QED) is 0.905. The van der Waals surface area contributed by atoms with E-state index in [0.29, 0.717) is 12.5 Å². The minimum atomic E-state index is -3.69. The molecule has 1 aromatic rings. The summed E-state index contributed by atoms with van der Waals surface area (Å²) in [6, 6.07) is 3.33. The SMILES string of the molecule is CC1CC2CNCC2N1S(=O)(=O)c1ccc(F)cc1Cl. The molecular formula is C13H16ClFN2O2S. The molecule has 20 heavy (non-hydrogen) atoms. The van der Waals surface area contributed by atoms with Crippen molar-refractivity contribution in [1.82, 2.24) is 9.62 Å². The van der Waals surface area contributed by atoms with Crippen LogP contribution < -0.4 is 5.32 Å². The van der Waals surface area contributed by atoms with Crippen molar-refractivity contribution >= 4 is 21.6 Å². The Morgan fingerprint density at radius 3 is 2.85 bits per heavy atom. The molecule has 110 valence electrons. The number of fused-ring (bicyclic) bond motifs is 1. The molecule has 2 saturated heterocycles. The average Bonchev–Trinajstić information content (AvgIpc) is 2.87. The topological polar surface area (TPSA) is 49.4 Å². The molecule has 0 aliphatic carbocycles. The van der Waals surface area contributed by atoms with Crippen LogP contribution in [0, 0.1) is 11.7 Å². The highest BCUT2D eigenvalue weighted by Crippen LogP contribution is 2.38. The molecule has 2 heterocycles. The fourth-order valence-corrected chi connectivity index (χ4v) is 5.73. The molecule has 2 fully saturated rings. The lowest BCUT2D eigenvalue weighted by Crippen LogP contribution is -2.42. The Bertz CT molecular complexity index is 637. The van der Waals surface area contributed by atoms with Crippen molar-refractivity contribution in [3.05, 3.63) is 29.0 Å². The second kappa shape index (κ2) is 4.94. The Morgan fingerprint density at radius 2 is 2.15 bits per heavy atom. The molecule has 2 aliphatic rings. The van der Waals surface area contributed by atoms with E-state index in [2.05, 4.69) is 5.32 Å². The largest absolute Gasteiger partial charge is 0.315 e. The smallest absolute Gasteiger partial charge is 0.245 e. The lowest BCUT2D eigenvalue weighted by molar-refractivity contribution is 0.335. The van der Waals surface area contributed by atoms with Crippen LogP contribution in [-0.2, 0) is 10.0 Å². The summed E-state index contributed by atoms with van der Waals surface area (Å²) in [4.78, 5) is -0.0139. The number of hydrogen-bond donors (Lipinski definition) is 1. The van der Waals surface area contributed by atoms with Gasteiger partial charge in [0.15, 0.2) is 0 Å². The first-order chi connectivity index (χ1) is 9.41. The van der Waals surface area contributed by atoms with Crippen molar-refractivity contribution in [2.75, 3.05) is 13.1 Å². The van der Waals surface area contributed by atoms with Gasteiger partial charge >= 0.3 is 0 Å². The van der Waals surface area contributed by atoms with Crippen molar-refractivity contribution < 1.29 is 12.8 Å². The van der Waals surface area contributed by atoms with Gasteiger partial charge in [0.25, 0.3) is 0 Å². The zero-order valence-corrected chi connectivity index (χ0v) is 12.6. The van der Waals surface area contributed by atoms with E-state index in [-0.39, 0.29) is 22.0 Å². The Morgan fingerprint density at radius 1 is 1.40 bits per heavy atom. The Hall–Kier alpha value is -0.690. The van der Waals surface area contributed by atoms with Crippen LogP contribution in [0.5, 0.6) is 0 Å². The minimum Gasteiger partial charge on any atom is -0.315 e. The van der Waals surface area contributed by atoms with Crippen molar-refractivity contribution in [1.29, 1.82) is 0 Å². The number of nitrogens with zero attached hydrogens (tertiary/aromatic N) is 1. The number of hydrogen-bond acceptors (Lipinski definition) is 3. The highest BCUT2D eigenvalue weighted by atomic mass is 35.5. The molecule has 7 heteroatoms. The lowest BCUT2D eigenvalue weighted by Gasteiger charge is -2.27. The molecule has 0 spiro atoms. The molecule has 0 aromatic heterocycles. The van der Waals surface area contributed by atoms with Gasteiger partial charge < -0.3 is 5.32 Å². The van der Waals surface area contributed by atoms with Crippen LogP contribution in [0.2, 0.25) is 5.02 Å². The first kappa shape index (κ1) is 14.3. The van der Waals surface area contributed by atoms with Gasteiger partial charge in [-0.2, -0.15) is 4.31 Å². The molecular weight excluding hydrogens is 303 g/mol. The fourth-order valence-electron chi connectivity index (χ4n) is 3.34. The summed E-state index contributed by atoms with van der Waals surface area (Å²) in [6.07, 6.45) is 0.843. The molecule has 0 amide bonds. The monoisotopic (exact) mass is 318 g/mol. The molecule has 3 rings (SSSR count). The molecule has 1 aromatic carbocycles. The maximum Gasteiger partial charge on any atom is 0.245 e. The third-order valence-corrected chi connectivity index (χ3v) is 6.68. The number of nitrogens with one attached hydrogen (secondary N) is 1. The summed E-state index contributed by atoms with van der Waals surface area (Å²) in [6.45, 7) is 3.42. The normalized spacial score (nSPS) is 30.6. The maximum atomic E-state index is 13.1. The van der Waals surface area contributed by atoms with Gasteiger partial charge in [-0.1, -0.05) is 11.6 Å². The van der Waals surface area contributed by atoms with Gasteiger partial charge in [-0.25, -0.2) is 12.8 Å². The highest BCUT2D eigenvalue weighted by Gasteiger charge is 2.48. The molecule has 0 radical (unpaired) electrons. The van der Waals surface area contributed by atoms with Crippen LogP contribution in [0.1, 0.15) is 13.3 Å². The first-order valence-corrected chi connectivity index (χ1v) is 8.42. The summed E-state index contributed by atoms with van der Waals surface area (Å²) in [7, 11) is -3.69. The molecule has 0 bridgehead atoms. The van der Waals surface area contributed by atoms with E-state index in [0.717, 1.165) is 25.1 Å². The van der Waals surface area contributed by atoms with Crippen LogP contribution >= 0.6 is 11.6 Å². The Balaban J connectivity index is 2.03. The minimum absolute atomic E-state index is 0.0139. The van der Waals surface area contributed by atoms with Crippen LogP contribution in [-0.4, -0.2) is 37.9 Å². The van der Waals surface area contributed by atoms with Crippen molar-refractivity contribution in [3.63, 3.8) is 0 Å². The number of halogens is 2. The van der Waals surface area contributed by atoms with Crippen LogP contribution in [0.15, 0.2) is 23.1 Å². The van der Waals surface area contributed by atoms with E-state index in [1.54, 1.807) is 0 Å². The van der Waals surface area contributed by atoms with Crippen LogP contribution in [0.3, 0.4) is 0 Å². The summed E-state index contributed by atoms with van der Waals surface area (Å²) in [5.74, 6) is -0.192. The fraction of sp³-hybridized carbons (Fsp3) is 0.538. The van der Waals surface area contributed by atoms with E-state index in [9.17, 15) is 12.8 Å². The van der Waals surface area contributed by atoms with Gasteiger partial charge in [0.05, 0.1) is 5.02 Å². The third kappa shape index (κ3) is 2.15. The summed E-state index contributed by atoms with van der Waals surface area (Å²) in [5, 5.41) is 3.16. The zero-order valence-electron chi connectivity index (χ0n) is 11.0. The Labute approximate surface area is 123 Å². The van der Waals surface area contributed by atoms with Crippen LogP contribution in [0.4, 0.5) is 4.39 Å². The molecule has 4 nitrogen and oxygen atoms in total. The van der Waals surface area contributed by atoms with Gasteiger partial charge in [-0.15, -0.1) is 0 Å². The molecule has 3 unspecified atom stereocenters. The maximum absolute atomic E-state index is 13.1. The van der Waals surface area contributed by atoms with E-state index >= 15 is 0 Å². The summed E-state index contributed by atoms with van der Waals surface area (Å²) in [5.41, 5.74) is 0. The first-order valence-electron chi connectivity index (χ1n) is 6.60. The molecule has 0 saturated carbocycles.